The van der Waals surface area contributed by atoms with E-state index >= 15 is 0 Å². The number of nitrogens with one attached hydrogen (secondary N) is 2. The molecule has 0 saturated carbocycles. The van der Waals surface area contributed by atoms with Crippen LogP contribution >= 0.6 is 23.5 Å². The maximum absolute atomic E-state index is 14.0. The van der Waals surface area contributed by atoms with E-state index in [4.69, 9.17) is 9.47 Å². The van der Waals surface area contributed by atoms with E-state index in [0.717, 1.165) is 27.9 Å². The number of hydrogen-bond donors (Lipinski definition) is 2. The first-order valence-corrected chi connectivity index (χ1v) is 20.8. The molecule has 0 aliphatic heterocycles. The zero-order valence-electron chi connectivity index (χ0n) is 32.1. The number of methoxy groups -OCH3 is 1. The van der Waals surface area contributed by atoms with E-state index in [1.54, 1.807) is 29.6 Å². The molecule has 5 aromatic carbocycles. The second-order valence-corrected chi connectivity index (χ2v) is 16.4. The van der Waals surface area contributed by atoms with Crippen molar-refractivity contribution in [1.82, 2.24) is 5.32 Å². The Labute approximate surface area is 334 Å². The molecule has 55 heavy (non-hydrogen) atoms. The van der Waals surface area contributed by atoms with Gasteiger partial charge in [-0.05, 0) is 85.2 Å². The molecule has 9 heteroatoms. The lowest BCUT2D eigenvalue weighted by Gasteiger charge is -2.36. The van der Waals surface area contributed by atoms with Crippen molar-refractivity contribution >= 4 is 47.1 Å². The highest BCUT2D eigenvalue weighted by Gasteiger charge is 2.39. The number of esters is 2. The first kappa shape index (κ1) is 41.2. The molecule has 0 radical (unpaired) electrons. The topological polar surface area (TPSA) is 93.7 Å². The average Bonchev–Trinajstić information content (AvgIpc) is 3.21. The van der Waals surface area contributed by atoms with Gasteiger partial charge in [0.1, 0.15) is 11.6 Å². The van der Waals surface area contributed by atoms with E-state index < -0.39 is 28.3 Å². The van der Waals surface area contributed by atoms with Crippen molar-refractivity contribution < 1.29 is 23.9 Å². The first-order valence-electron chi connectivity index (χ1n) is 18.4. The van der Waals surface area contributed by atoms with E-state index in [-0.39, 0.29) is 18.4 Å². The molecule has 0 spiro atoms. The number of rotatable bonds is 17. The molecule has 5 rings (SSSR count). The molecule has 0 aromatic heterocycles. The maximum atomic E-state index is 14.0. The van der Waals surface area contributed by atoms with E-state index in [0.29, 0.717) is 29.1 Å². The standard InChI is InChI=1S/C46H50N2O5S2/c1-45(2,3)53-43(50)34(32-55-46(35-20-12-7-13-21-35,36-22-14-8-15-23-36)37-24-16-9-17-25-37)31-47-38-26-27-39(40(30-38)33-18-10-6-11-19-33)42(49)48-41(28-29-54-5)44(51)52-4/h6-27,30,34,41,47H,28-29,31-32H2,1-5H3,(H,48,49)/t34-,41-/m0/s1. The summed E-state index contributed by atoms with van der Waals surface area (Å²) in [5.41, 5.74) is 5.34. The minimum absolute atomic E-state index is 0.287. The van der Waals surface area contributed by atoms with Gasteiger partial charge in [0.05, 0.1) is 17.8 Å². The van der Waals surface area contributed by atoms with Gasteiger partial charge < -0.3 is 20.1 Å². The Morgan fingerprint density at radius 2 is 1.24 bits per heavy atom. The summed E-state index contributed by atoms with van der Waals surface area (Å²) in [6, 6.07) is 45.6. The predicted molar refractivity (Wildman–Crippen MR) is 228 cm³/mol. The lowest BCUT2D eigenvalue weighted by Crippen LogP contribution is -2.42. The van der Waals surface area contributed by atoms with Crippen LogP contribution in [0.15, 0.2) is 140 Å². The Kier molecular flexibility index (Phi) is 14.6. The van der Waals surface area contributed by atoms with Crippen molar-refractivity contribution in [2.75, 3.05) is 36.7 Å². The van der Waals surface area contributed by atoms with E-state index in [1.807, 2.05) is 87.7 Å². The predicted octanol–water partition coefficient (Wildman–Crippen LogP) is 9.47. The van der Waals surface area contributed by atoms with Crippen LogP contribution < -0.4 is 10.6 Å². The molecule has 0 aliphatic carbocycles. The van der Waals surface area contributed by atoms with Gasteiger partial charge in [-0.2, -0.15) is 11.8 Å². The summed E-state index contributed by atoms with van der Waals surface area (Å²) in [6.07, 6.45) is 2.40. The average molecular weight is 775 g/mol. The summed E-state index contributed by atoms with van der Waals surface area (Å²) in [5.74, 6) is -0.561. The van der Waals surface area contributed by atoms with Crippen molar-refractivity contribution in [3.63, 3.8) is 0 Å². The quantitative estimate of drug-likeness (QED) is 0.0714. The van der Waals surface area contributed by atoms with Crippen molar-refractivity contribution in [2.24, 2.45) is 5.92 Å². The third kappa shape index (κ3) is 10.8. The van der Waals surface area contributed by atoms with Crippen LogP contribution in [0.2, 0.25) is 0 Å². The number of thioether (sulfide) groups is 2. The maximum Gasteiger partial charge on any atom is 0.328 e. The molecule has 1 amide bonds. The van der Waals surface area contributed by atoms with Gasteiger partial charge in [0.15, 0.2) is 0 Å². The van der Waals surface area contributed by atoms with Crippen LogP contribution in [0.5, 0.6) is 0 Å². The van der Waals surface area contributed by atoms with Gasteiger partial charge in [-0.3, -0.25) is 9.59 Å². The molecular weight excluding hydrogens is 725 g/mol. The monoisotopic (exact) mass is 774 g/mol. The number of carbonyl (C=O) groups excluding carboxylic acids is 3. The zero-order chi connectivity index (χ0) is 39.3. The van der Waals surface area contributed by atoms with Crippen LogP contribution in [-0.2, 0) is 23.8 Å². The lowest BCUT2D eigenvalue weighted by atomic mass is 9.84. The summed E-state index contributed by atoms with van der Waals surface area (Å²) in [7, 11) is 1.32. The summed E-state index contributed by atoms with van der Waals surface area (Å²) in [5, 5.41) is 6.41. The molecule has 0 bridgehead atoms. The Balaban J connectivity index is 1.48. The molecule has 2 N–H and O–H groups in total. The number of amides is 1. The molecule has 286 valence electrons. The number of hydrogen-bond acceptors (Lipinski definition) is 8. The number of carbonyl (C=O) groups is 3. The molecule has 0 aliphatic rings. The Morgan fingerprint density at radius 1 is 0.709 bits per heavy atom. The minimum Gasteiger partial charge on any atom is -0.467 e. The van der Waals surface area contributed by atoms with Crippen LogP contribution in [0.1, 0.15) is 54.2 Å². The van der Waals surface area contributed by atoms with Gasteiger partial charge in [-0.25, -0.2) is 4.79 Å². The zero-order valence-corrected chi connectivity index (χ0v) is 33.8. The SMILES string of the molecule is COC(=O)[C@H](CCSC)NC(=O)c1ccc(NC[C@@H](CSC(c2ccccc2)(c2ccccc2)c2ccccc2)C(=O)OC(C)(C)C)cc1-c1ccccc1. The fourth-order valence-electron chi connectivity index (χ4n) is 6.40. The second kappa shape index (κ2) is 19.6. The molecule has 0 unspecified atom stereocenters. The third-order valence-electron chi connectivity index (χ3n) is 9.09. The Hall–Kier alpha value is -4.99. The van der Waals surface area contributed by atoms with Gasteiger partial charge >= 0.3 is 11.9 Å². The molecule has 0 fully saturated rings. The fraction of sp³-hybridized carbons (Fsp3) is 0.283. The third-order valence-corrected chi connectivity index (χ3v) is 11.4. The lowest BCUT2D eigenvalue weighted by molar-refractivity contribution is -0.158. The van der Waals surface area contributed by atoms with Crippen LogP contribution in [0.25, 0.3) is 11.1 Å². The van der Waals surface area contributed by atoms with Crippen molar-refractivity contribution in [2.45, 2.75) is 43.6 Å². The van der Waals surface area contributed by atoms with E-state index in [1.165, 1.54) is 7.11 Å². The molecule has 5 aromatic rings. The van der Waals surface area contributed by atoms with Gasteiger partial charge in [0, 0.05) is 23.5 Å². The van der Waals surface area contributed by atoms with Crippen LogP contribution in [0.4, 0.5) is 5.69 Å². The molecule has 7 nitrogen and oxygen atoms in total. The Morgan fingerprint density at radius 3 is 1.73 bits per heavy atom. The Bertz CT molecular complexity index is 1890. The van der Waals surface area contributed by atoms with E-state index in [2.05, 4.69) is 83.4 Å². The van der Waals surface area contributed by atoms with Gasteiger partial charge in [0.25, 0.3) is 5.91 Å². The summed E-state index contributed by atoms with van der Waals surface area (Å²) >= 11 is 3.31. The van der Waals surface area contributed by atoms with Gasteiger partial charge in [0.2, 0.25) is 0 Å². The molecule has 0 heterocycles. The van der Waals surface area contributed by atoms with Crippen LogP contribution in [-0.4, -0.2) is 60.9 Å². The molecule has 2 atom stereocenters. The van der Waals surface area contributed by atoms with Gasteiger partial charge in [-0.1, -0.05) is 121 Å². The van der Waals surface area contributed by atoms with Gasteiger partial charge in [-0.15, -0.1) is 11.8 Å². The second-order valence-electron chi connectivity index (χ2n) is 14.2. The first-order chi connectivity index (χ1) is 26.6. The smallest absolute Gasteiger partial charge is 0.328 e. The number of benzene rings is 5. The fourth-order valence-corrected chi connectivity index (χ4v) is 8.49. The largest absolute Gasteiger partial charge is 0.467 e. The molecule has 0 saturated heterocycles. The normalized spacial score (nSPS) is 12.6. The van der Waals surface area contributed by atoms with Crippen LogP contribution in [0, 0.1) is 5.92 Å². The van der Waals surface area contributed by atoms with Crippen LogP contribution in [0.3, 0.4) is 0 Å². The molecular formula is C46H50N2O5S2. The van der Waals surface area contributed by atoms with Crippen molar-refractivity contribution in [1.29, 1.82) is 0 Å². The number of anilines is 1. The summed E-state index contributed by atoms with van der Waals surface area (Å²) < 4.78 is 10.4. The highest BCUT2D eigenvalue weighted by Crippen LogP contribution is 2.49. The summed E-state index contributed by atoms with van der Waals surface area (Å²) in [4.78, 5) is 40.3. The highest BCUT2D eigenvalue weighted by molar-refractivity contribution is 8.00. The summed E-state index contributed by atoms with van der Waals surface area (Å²) in [6.45, 7) is 5.93. The van der Waals surface area contributed by atoms with Crippen molar-refractivity contribution in [3.8, 4) is 11.1 Å². The van der Waals surface area contributed by atoms with E-state index in [9.17, 15) is 14.4 Å². The van der Waals surface area contributed by atoms with Crippen molar-refractivity contribution in [3.05, 3.63) is 162 Å². The minimum atomic E-state index is -0.770. The number of ether oxygens (including phenoxy) is 2. The highest BCUT2D eigenvalue weighted by atomic mass is 32.2.